The summed E-state index contributed by atoms with van der Waals surface area (Å²) in [6.07, 6.45) is 7.53. The molecule has 1 atom stereocenters. The predicted octanol–water partition coefficient (Wildman–Crippen LogP) is 1.60. The number of nitrogen functional groups attached to an aromatic ring is 2. The number of amides is 1. The third kappa shape index (κ3) is 3.03. The Morgan fingerprint density at radius 2 is 1.58 bits per heavy atom. The Hall–Kier alpha value is -1.57. The van der Waals surface area contributed by atoms with Crippen molar-refractivity contribution in [3.63, 3.8) is 0 Å². The van der Waals surface area contributed by atoms with Crippen LogP contribution in [0.15, 0.2) is 5.16 Å². The van der Waals surface area contributed by atoms with Crippen molar-refractivity contribution in [3.8, 4) is 0 Å². The molecular weight excluding hydrogens is 324 g/mol. The lowest BCUT2D eigenvalue weighted by atomic mass is 9.53. The van der Waals surface area contributed by atoms with Gasteiger partial charge in [-0.25, -0.2) is 0 Å². The molecule has 0 saturated heterocycles. The lowest BCUT2D eigenvalue weighted by Crippen LogP contribution is -2.60. The van der Waals surface area contributed by atoms with Gasteiger partial charge in [-0.05, 0) is 63.2 Å². The van der Waals surface area contributed by atoms with Gasteiger partial charge in [0, 0.05) is 5.54 Å². The van der Waals surface area contributed by atoms with Crippen molar-refractivity contribution in [2.45, 2.75) is 61.4 Å². The zero-order valence-electron chi connectivity index (χ0n) is 13.9. The molecular formula is C16H24N6OS. The first kappa shape index (κ1) is 15.9. The molecule has 24 heavy (non-hydrogen) atoms. The van der Waals surface area contributed by atoms with Gasteiger partial charge in [0.15, 0.2) is 5.16 Å². The van der Waals surface area contributed by atoms with E-state index in [0.717, 1.165) is 37.0 Å². The van der Waals surface area contributed by atoms with E-state index in [1.807, 2.05) is 6.92 Å². The molecule has 7 nitrogen and oxygen atoms in total. The van der Waals surface area contributed by atoms with Crippen LogP contribution in [0.25, 0.3) is 0 Å². The molecule has 130 valence electrons. The Kier molecular flexibility index (Phi) is 3.82. The second-order valence-electron chi connectivity index (χ2n) is 7.78. The van der Waals surface area contributed by atoms with E-state index in [1.54, 1.807) is 0 Å². The average molecular weight is 348 g/mol. The third-order valence-corrected chi connectivity index (χ3v) is 6.69. The molecule has 1 amide bonds. The maximum atomic E-state index is 12.7. The molecule has 4 fully saturated rings. The molecule has 5 rings (SSSR count). The molecule has 1 aromatic rings. The summed E-state index contributed by atoms with van der Waals surface area (Å²) in [5, 5.41) is 3.48. The summed E-state index contributed by atoms with van der Waals surface area (Å²) in [4.78, 5) is 24.6. The van der Waals surface area contributed by atoms with E-state index in [0.29, 0.717) is 5.16 Å². The fourth-order valence-corrected chi connectivity index (χ4v) is 6.05. The molecule has 0 aromatic carbocycles. The molecule has 0 unspecified atom stereocenters. The molecule has 4 saturated carbocycles. The van der Waals surface area contributed by atoms with Gasteiger partial charge in [0.1, 0.15) is 0 Å². The molecule has 0 aliphatic heterocycles. The summed E-state index contributed by atoms with van der Waals surface area (Å²) < 4.78 is 0. The van der Waals surface area contributed by atoms with Crippen LogP contribution in [-0.2, 0) is 4.79 Å². The van der Waals surface area contributed by atoms with Crippen LogP contribution in [0.2, 0.25) is 0 Å². The SMILES string of the molecule is C[C@H](Sc1nc(N)nc(N)n1)C(=O)NC12CC3CC(CC(C3)C1)C2. The van der Waals surface area contributed by atoms with Crippen LogP contribution in [0.5, 0.6) is 0 Å². The first-order chi connectivity index (χ1) is 11.4. The minimum absolute atomic E-state index is 0.0256. The van der Waals surface area contributed by atoms with Crippen molar-refractivity contribution in [2.24, 2.45) is 17.8 Å². The largest absolute Gasteiger partial charge is 0.368 e. The quantitative estimate of drug-likeness (QED) is 0.707. The minimum atomic E-state index is -0.292. The highest BCUT2D eigenvalue weighted by Crippen LogP contribution is 2.55. The zero-order valence-corrected chi connectivity index (χ0v) is 14.7. The Morgan fingerprint density at radius 1 is 1.08 bits per heavy atom. The number of aromatic nitrogens is 3. The van der Waals surface area contributed by atoms with Gasteiger partial charge < -0.3 is 16.8 Å². The second-order valence-corrected chi connectivity index (χ2v) is 9.09. The molecule has 4 aliphatic rings. The van der Waals surface area contributed by atoms with Crippen molar-refractivity contribution in [1.82, 2.24) is 20.3 Å². The second kappa shape index (κ2) is 5.75. The number of hydrogen-bond donors (Lipinski definition) is 3. The fourth-order valence-electron chi connectivity index (χ4n) is 5.28. The fraction of sp³-hybridized carbons (Fsp3) is 0.750. The standard InChI is InChI=1S/C16H24N6OS/c1-8(24-15-20-13(17)19-14(18)21-15)12(23)22-16-5-9-2-10(6-16)4-11(3-9)7-16/h8-11H,2-7H2,1H3,(H,22,23)(H4,17,18,19,20,21)/t8-,9?,10?,11?,16?/m0/s1. The summed E-state index contributed by atoms with van der Waals surface area (Å²) in [7, 11) is 0. The van der Waals surface area contributed by atoms with Gasteiger partial charge >= 0.3 is 0 Å². The van der Waals surface area contributed by atoms with Gasteiger partial charge in [-0.1, -0.05) is 11.8 Å². The molecule has 0 radical (unpaired) electrons. The number of thioether (sulfide) groups is 1. The Bertz CT molecular complexity index is 610. The van der Waals surface area contributed by atoms with Crippen LogP contribution in [0.1, 0.15) is 45.4 Å². The van der Waals surface area contributed by atoms with Crippen LogP contribution in [0.4, 0.5) is 11.9 Å². The topological polar surface area (TPSA) is 120 Å². The highest BCUT2D eigenvalue weighted by Gasteiger charge is 2.51. The third-order valence-electron chi connectivity index (χ3n) is 5.73. The van der Waals surface area contributed by atoms with Gasteiger partial charge in [0.05, 0.1) is 5.25 Å². The van der Waals surface area contributed by atoms with E-state index >= 15 is 0 Å². The van der Waals surface area contributed by atoms with E-state index in [4.69, 9.17) is 11.5 Å². The number of carbonyl (C=O) groups is 1. The van der Waals surface area contributed by atoms with E-state index in [1.165, 1.54) is 31.0 Å². The number of carbonyl (C=O) groups excluding carboxylic acids is 1. The van der Waals surface area contributed by atoms with Crippen molar-refractivity contribution in [2.75, 3.05) is 11.5 Å². The monoisotopic (exact) mass is 348 g/mol. The summed E-state index contributed by atoms with van der Waals surface area (Å²) in [5.41, 5.74) is 11.2. The number of nitrogens with zero attached hydrogens (tertiary/aromatic N) is 3. The van der Waals surface area contributed by atoms with Crippen LogP contribution < -0.4 is 16.8 Å². The summed E-state index contributed by atoms with van der Waals surface area (Å²) in [5.74, 6) is 2.64. The molecule has 0 spiro atoms. The molecule has 5 N–H and O–H groups in total. The average Bonchev–Trinajstić information content (AvgIpc) is 2.43. The first-order valence-electron chi connectivity index (χ1n) is 8.66. The lowest BCUT2D eigenvalue weighted by Gasteiger charge is -2.57. The molecule has 8 heteroatoms. The van der Waals surface area contributed by atoms with Gasteiger partial charge in [-0.2, -0.15) is 15.0 Å². The highest BCUT2D eigenvalue weighted by atomic mass is 32.2. The highest BCUT2D eigenvalue weighted by molar-refractivity contribution is 8.00. The predicted molar refractivity (Wildman–Crippen MR) is 93.0 cm³/mol. The number of nitrogens with two attached hydrogens (primary N) is 2. The lowest BCUT2D eigenvalue weighted by molar-refractivity contribution is -0.126. The van der Waals surface area contributed by atoms with Crippen LogP contribution in [-0.4, -0.2) is 31.6 Å². The number of anilines is 2. The normalized spacial score (nSPS) is 35.0. The van der Waals surface area contributed by atoms with Gasteiger partial charge in [0.25, 0.3) is 0 Å². The maximum absolute atomic E-state index is 12.7. The number of rotatable bonds is 4. The maximum Gasteiger partial charge on any atom is 0.233 e. The smallest absolute Gasteiger partial charge is 0.233 e. The van der Waals surface area contributed by atoms with E-state index in [2.05, 4.69) is 20.3 Å². The zero-order chi connectivity index (χ0) is 16.9. The first-order valence-corrected chi connectivity index (χ1v) is 9.54. The summed E-state index contributed by atoms with van der Waals surface area (Å²) in [6, 6.07) is 0. The van der Waals surface area contributed by atoms with Crippen LogP contribution in [0, 0.1) is 17.8 Å². The van der Waals surface area contributed by atoms with E-state index in [9.17, 15) is 4.79 Å². The minimum Gasteiger partial charge on any atom is -0.368 e. The molecule has 1 aromatic heterocycles. The van der Waals surface area contributed by atoms with Crippen molar-refractivity contribution >= 4 is 29.6 Å². The molecule has 4 bridgehead atoms. The van der Waals surface area contributed by atoms with Crippen LogP contribution >= 0.6 is 11.8 Å². The number of nitrogens with one attached hydrogen (secondary N) is 1. The van der Waals surface area contributed by atoms with Crippen LogP contribution in [0.3, 0.4) is 0 Å². The van der Waals surface area contributed by atoms with Crippen molar-refractivity contribution in [1.29, 1.82) is 0 Å². The Balaban J connectivity index is 1.42. The van der Waals surface area contributed by atoms with Crippen molar-refractivity contribution < 1.29 is 4.79 Å². The van der Waals surface area contributed by atoms with E-state index in [-0.39, 0.29) is 28.6 Å². The van der Waals surface area contributed by atoms with E-state index < -0.39 is 0 Å². The Morgan fingerprint density at radius 3 is 2.08 bits per heavy atom. The number of hydrogen-bond acceptors (Lipinski definition) is 7. The van der Waals surface area contributed by atoms with Gasteiger partial charge in [0.2, 0.25) is 17.8 Å². The molecule has 1 heterocycles. The van der Waals surface area contributed by atoms with Crippen molar-refractivity contribution in [3.05, 3.63) is 0 Å². The summed E-state index contributed by atoms with van der Waals surface area (Å²) >= 11 is 1.27. The summed E-state index contributed by atoms with van der Waals surface area (Å²) in [6.45, 7) is 1.87. The van der Waals surface area contributed by atoms with Gasteiger partial charge in [-0.3, -0.25) is 4.79 Å². The van der Waals surface area contributed by atoms with Gasteiger partial charge in [-0.15, -0.1) is 0 Å². The Labute approximate surface area is 145 Å². The molecule has 4 aliphatic carbocycles.